The highest BCUT2D eigenvalue weighted by Gasteiger charge is 2.04. The fraction of sp³-hybridized carbons (Fsp3) is 0.0769. The number of benzene rings is 1. The van der Waals surface area contributed by atoms with Crippen LogP contribution in [0, 0.1) is 11.3 Å². The molecule has 16 heavy (non-hydrogen) atoms. The minimum Gasteiger partial charge on any atom is -0.329 e. The van der Waals surface area contributed by atoms with Gasteiger partial charge in [0, 0.05) is 18.9 Å². The molecular formula is C13H11N3. The van der Waals surface area contributed by atoms with E-state index in [0.29, 0.717) is 5.56 Å². The lowest BCUT2D eigenvalue weighted by Crippen LogP contribution is -2.10. The second kappa shape index (κ2) is 4.45. The second-order valence-electron chi connectivity index (χ2n) is 3.41. The first-order valence-electron chi connectivity index (χ1n) is 4.96. The summed E-state index contributed by atoms with van der Waals surface area (Å²) in [6.45, 7) is 0. The molecule has 1 aromatic carbocycles. The van der Waals surface area contributed by atoms with Gasteiger partial charge in [0.1, 0.15) is 5.82 Å². The Morgan fingerprint density at radius 1 is 1.19 bits per heavy atom. The zero-order valence-electron chi connectivity index (χ0n) is 8.96. The van der Waals surface area contributed by atoms with Crippen LogP contribution in [0.3, 0.4) is 0 Å². The summed E-state index contributed by atoms with van der Waals surface area (Å²) in [7, 11) is 1.93. The van der Waals surface area contributed by atoms with Gasteiger partial charge in [-0.1, -0.05) is 18.2 Å². The molecule has 0 amide bonds. The Kier molecular flexibility index (Phi) is 2.84. The van der Waals surface area contributed by atoms with E-state index in [-0.39, 0.29) is 0 Å². The molecule has 0 saturated carbocycles. The minimum atomic E-state index is 0.618. The summed E-state index contributed by atoms with van der Waals surface area (Å²) in [5.41, 5.74) is 1.66. The molecule has 0 aliphatic carbocycles. The van der Waals surface area contributed by atoms with E-state index in [0.717, 1.165) is 11.5 Å². The van der Waals surface area contributed by atoms with Crippen molar-refractivity contribution in [1.29, 1.82) is 5.26 Å². The van der Waals surface area contributed by atoms with E-state index in [9.17, 15) is 0 Å². The van der Waals surface area contributed by atoms with Gasteiger partial charge in [0.25, 0.3) is 0 Å². The third-order valence-corrected chi connectivity index (χ3v) is 2.36. The van der Waals surface area contributed by atoms with Gasteiger partial charge < -0.3 is 4.90 Å². The molecule has 0 aliphatic heterocycles. The van der Waals surface area contributed by atoms with Crippen LogP contribution < -0.4 is 4.90 Å². The van der Waals surface area contributed by atoms with Crippen LogP contribution in [0.2, 0.25) is 0 Å². The monoisotopic (exact) mass is 209 g/mol. The Morgan fingerprint density at radius 2 is 1.94 bits per heavy atom. The molecule has 0 atom stereocenters. The summed E-state index contributed by atoms with van der Waals surface area (Å²) < 4.78 is 0. The summed E-state index contributed by atoms with van der Waals surface area (Å²) in [5, 5.41) is 8.82. The molecule has 0 radical (unpaired) electrons. The molecule has 2 aromatic rings. The number of anilines is 2. The molecule has 1 aromatic heterocycles. The third kappa shape index (κ3) is 2.01. The molecule has 0 N–H and O–H groups in total. The third-order valence-electron chi connectivity index (χ3n) is 2.36. The van der Waals surface area contributed by atoms with Crippen LogP contribution in [0.4, 0.5) is 11.5 Å². The van der Waals surface area contributed by atoms with Crippen molar-refractivity contribution in [2.75, 3.05) is 11.9 Å². The lowest BCUT2D eigenvalue weighted by atomic mass is 10.2. The number of hydrogen-bond acceptors (Lipinski definition) is 3. The standard InChI is InChI=1S/C13H11N3/c1-16(12-5-3-2-4-6-12)13-9-11(10-14)7-8-15-13/h2-9H,1H3. The Bertz CT molecular complexity index is 514. The van der Waals surface area contributed by atoms with E-state index in [1.807, 2.05) is 42.3 Å². The molecule has 0 saturated heterocycles. The largest absolute Gasteiger partial charge is 0.329 e. The highest BCUT2D eigenvalue weighted by molar-refractivity contribution is 5.59. The van der Waals surface area contributed by atoms with Crippen LogP contribution in [0.25, 0.3) is 0 Å². The molecular weight excluding hydrogens is 198 g/mol. The number of nitrogens with zero attached hydrogens (tertiary/aromatic N) is 3. The fourth-order valence-corrected chi connectivity index (χ4v) is 1.46. The van der Waals surface area contributed by atoms with Crippen LogP contribution in [0.1, 0.15) is 5.56 Å². The number of hydrogen-bond donors (Lipinski definition) is 0. The smallest absolute Gasteiger partial charge is 0.133 e. The Hall–Kier alpha value is -2.34. The molecule has 1 heterocycles. The van der Waals surface area contributed by atoms with Gasteiger partial charge in [-0.25, -0.2) is 4.98 Å². The zero-order valence-corrected chi connectivity index (χ0v) is 8.96. The van der Waals surface area contributed by atoms with Gasteiger partial charge in [-0.3, -0.25) is 0 Å². The average molecular weight is 209 g/mol. The van der Waals surface area contributed by atoms with Crippen LogP contribution in [0.15, 0.2) is 48.7 Å². The highest BCUT2D eigenvalue weighted by Crippen LogP contribution is 2.21. The zero-order chi connectivity index (χ0) is 11.4. The molecule has 0 fully saturated rings. The van der Waals surface area contributed by atoms with E-state index >= 15 is 0 Å². The van der Waals surface area contributed by atoms with Crippen molar-refractivity contribution in [3.63, 3.8) is 0 Å². The predicted molar refractivity (Wildman–Crippen MR) is 63.5 cm³/mol. The van der Waals surface area contributed by atoms with Gasteiger partial charge in [-0.15, -0.1) is 0 Å². The molecule has 78 valence electrons. The van der Waals surface area contributed by atoms with Gasteiger partial charge in [0.2, 0.25) is 0 Å². The molecule has 0 spiro atoms. The first kappa shape index (κ1) is 10.2. The molecule has 3 nitrogen and oxygen atoms in total. The molecule has 2 rings (SSSR count). The second-order valence-corrected chi connectivity index (χ2v) is 3.41. The molecule has 3 heteroatoms. The predicted octanol–water partition coefficient (Wildman–Crippen LogP) is 2.72. The number of aromatic nitrogens is 1. The average Bonchev–Trinajstić information content (AvgIpc) is 2.39. The van der Waals surface area contributed by atoms with E-state index in [2.05, 4.69) is 11.1 Å². The summed E-state index contributed by atoms with van der Waals surface area (Å²) in [6, 6.07) is 15.5. The van der Waals surface area contributed by atoms with Gasteiger partial charge in [-0.05, 0) is 24.3 Å². The van der Waals surface area contributed by atoms with E-state index in [1.54, 1.807) is 18.3 Å². The van der Waals surface area contributed by atoms with E-state index < -0.39 is 0 Å². The van der Waals surface area contributed by atoms with Crippen molar-refractivity contribution >= 4 is 11.5 Å². The van der Waals surface area contributed by atoms with Crippen molar-refractivity contribution < 1.29 is 0 Å². The van der Waals surface area contributed by atoms with Crippen molar-refractivity contribution in [2.24, 2.45) is 0 Å². The van der Waals surface area contributed by atoms with Crippen molar-refractivity contribution in [1.82, 2.24) is 4.98 Å². The van der Waals surface area contributed by atoms with Crippen molar-refractivity contribution in [2.45, 2.75) is 0 Å². The first-order valence-corrected chi connectivity index (χ1v) is 4.96. The summed E-state index contributed by atoms with van der Waals surface area (Å²) in [4.78, 5) is 6.18. The number of pyridine rings is 1. The van der Waals surface area contributed by atoms with Gasteiger partial charge in [0.05, 0.1) is 11.6 Å². The Morgan fingerprint density at radius 3 is 2.62 bits per heavy atom. The van der Waals surface area contributed by atoms with Crippen LogP contribution in [-0.2, 0) is 0 Å². The number of rotatable bonds is 2. The lowest BCUT2D eigenvalue weighted by Gasteiger charge is -2.17. The lowest BCUT2D eigenvalue weighted by molar-refractivity contribution is 1.12. The summed E-state index contributed by atoms with van der Waals surface area (Å²) >= 11 is 0. The maximum Gasteiger partial charge on any atom is 0.133 e. The van der Waals surface area contributed by atoms with E-state index in [1.165, 1.54) is 0 Å². The molecule has 0 aliphatic rings. The highest BCUT2D eigenvalue weighted by atomic mass is 15.2. The maximum absolute atomic E-state index is 8.82. The van der Waals surface area contributed by atoms with Crippen molar-refractivity contribution in [3.8, 4) is 6.07 Å². The van der Waals surface area contributed by atoms with Crippen LogP contribution in [-0.4, -0.2) is 12.0 Å². The molecule has 0 unspecified atom stereocenters. The number of para-hydroxylation sites is 1. The normalized spacial score (nSPS) is 9.50. The van der Waals surface area contributed by atoms with Gasteiger partial charge in [0.15, 0.2) is 0 Å². The van der Waals surface area contributed by atoms with Crippen LogP contribution >= 0.6 is 0 Å². The van der Waals surface area contributed by atoms with E-state index in [4.69, 9.17) is 5.26 Å². The summed E-state index contributed by atoms with van der Waals surface area (Å²) in [5.74, 6) is 0.769. The summed E-state index contributed by atoms with van der Waals surface area (Å²) in [6.07, 6.45) is 1.65. The van der Waals surface area contributed by atoms with Gasteiger partial charge >= 0.3 is 0 Å². The minimum absolute atomic E-state index is 0.618. The van der Waals surface area contributed by atoms with Crippen molar-refractivity contribution in [3.05, 3.63) is 54.2 Å². The van der Waals surface area contributed by atoms with Crippen LogP contribution in [0.5, 0.6) is 0 Å². The molecule has 0 bridgehead atoms. The Labute approximate surface area is 94.6 Å². The SMILES string of the molecule is CN(c1ccccc1)c1cc(C#N)ccn1. The quantitative estimate of drug-likeness (QED) is 0.763. The van der Waals surface area contributed by atoms with Gasteiger partial charge in [-0.2, -0.15) is 5.26 Å². The Balaban J connectivity index is 2.35. The number of nitriles is 1. The fourth-order valence-electron chi connectivity index (χ4n) is 1.46. The first-order chi connectivity index (χ1) is 7.81. The maximum atomic E-state index is 8.82. The topological polar surface area (TPSA) is 39.9 Å².